The Hall–Kier alpha value is -1.26. The third-order valence-corrected chi connectivity index (χ3v) is 3.89. The standard InChI is InChI=1S/C15H22N2O2.ClH/c1-11-12(2)17(9-8-16-11)15(18)10-13-6-4-5-7-14(13)19-3;/h4-7,11-12,16H,8-10H2,1-3H3;1H. The molecule has 1 aromatic carbocycles. The number of halogens is 1. The van der Waals surface area contributed by atoms with E-state index in [0.717, 1.165) is 24.4 Å². The van der Waals surface area contributed by atoms with Crippen molar-refractivity contribution in [2.45, 2.75) is 32.4 Å². The van der Waals surface area contributed by atoms with Crippen molar-refractivity contribution in [1.29, 1.82) is 0 Å². The average Bonchev–Trinajstić information content (AvgIpc) is 2.42. The van der Waals surface area contributed by atoms with Gasteiger partial charge in [-0.25, -0.2) is 0 Å². The first-order chi connectivity index (χ1) is 9.13. The number of ether oxygens (including phenoxy) is 1. The lowest BCUT2D eigenvalue weighted by Crippen LogP contribution is -2.57. The van der Waals surface area contributed by atoms with E-state index >= 15 is 0 Å². The van der Waals surface area contributed by atoms with Crippen LogP contribution in [0.3, 0.4) is 0 Å². The third-order valence-electron chi connectivity index (χ3n) is 3.89. The van der Waals surface area contributed by atoms with Gasteiger partial charge in [0.15, 0.2) is 0 Å². The summed E-state index contributed by atoms with van der Waals surface area (Å²) in [7, 11) is 1.64. The van der Waals surface area contributed by atoms with E-state index in [2.05, 4.69) is 19.2 Å². The number of benzene rings is 1. The molecule has 0 aliphatic carbocycles. The second-order valence-electron chi connectivity index (χ2n) is 5.06. The van der Waals surface area contributed by atoms with E-state index < -0.39 is 0 Å². The van der Waals surface area contributed by atoms with Crippen molar-refractivity contribution in [2.75, 3.05) is 20.2 Å². The Labute approximate surface area is 126 Å². The molecular weight excluding hydrogens is 276 g/mol. The molecule has 112 valence electrons. The number of hydrogen-bond acceptors (Lipinski definition) is 3. The lowest BCUT2D eigenvalue weighted by atomic mass is 10.0. The predicted molar refractivity (Wildman–Crippen MR) is 82.6 cm³/mol. The van der Waals surface area contributed by atoms with Crippen LogP contribution in [0.2, 0.25) is 0 Å². The SMILES string of the molecule is COc1ccccc1CC(=O)N1CCNC(C)C1C.Cl. The highest BCUT2D eigenvalue weighted by Gasteiger charge is 2.28. The molecule has 4 nitrogen and oxygen atoms in total. The van der Waals surface area contributed by atoms with Gasteiger partial charge in [-0.05, 0) is 19.9 Å². The first-order valence-corrected chi connectivity index (χ1v) is 6.78. The van der Waals surface area contributed by atoms with E-state index in [-0.39, 0.29) is 24.4 Å². The molecule has 0 aromatic heterocycles. The summed E-state index contributed by atoms with van der Waals surface area (Å²) in [4.78, 5) is 14.4. The van der Waals surface area contributed by atoms with Crippen molar-refractivity contribution in [3.05, 3.63) is 29.8 Å². The van der Waals surface area contributed by atoms with Gasteiger partial charge in [0, 0.05) is 30.7 Å². The Bertz CT molecular complexity index is 453. The fraction of sp³-hybridized carbons (Fsp3) is 0.533. The molecule has 5 heteroatoms. The van der Waals surface area contributed by atoms with Crippen LogP contribution in [0.5, 0.6) is 5.75 Å². The molecule has 0 radical (unpaired) electrons. The maximum atomic E-state index is 12.4. The van der Waals surface area contributed by atoms with Crippen LogP contribution in [0.25, 0.3) is 0 Å². The molecule has 2 rings (SSSR count). The molecule has 1 aliphatic heterocycles. The number of carbonyl (C=O) groups excluding carboxylic acids is 1. The average molecular weight is 299 g/mol. The summed E-state index contributed by atoms with van der Waals surface area (Å²) in [5.41, 5.74) is 0.952. The highest BCUT2D eigenvalue weighted by Crippen LogP contribution is 2.19. The lowest BCUT2D eigenvalue weighted by Gasteiger charge is -2.38. The first kappa shape index (κ1) is 16.8. The molecule has 20 heavy (non-hydrogen) atoms. The van der Waals surface area contributed by atoms with E-state index in [0.29, 0.717) is 12.5 Å². The normalized spacial score (nSPS) is 22.1. The molecule has 1 N–H and O–H groups in total. The zero-order valence-corrected chi connectivity index (χ0v) is 13.1. The minimum atomic E-state index is 0. The Morgan fingerprint density at radius 2 is 2.10 bits per heavy atom. The highest BCUT2D eigenvalue weighted by molar-refractivity contribution is 5.85. The van der Waals surface area contributed by atoms with Crippen LogP contribution in [-0.4, -0.2) is 43.1 Å². The van der Waals surface area contributed by atoms with E-state index in [4.69, 9.17) is 4.74 Å². The molecule has 1 fully saturated rings. The molecule has 0 bridgehead atoms. The van der Waals surface area contributed by atoms with Crippen molar-refractivity contribution in [3.63, 3.8) is 0 Å². The van der Waals surface area contributed by atoms with E-state index in [1.807, 2.05) is 29.2 Å². The van der Waals surface area contributed by atoms with Gasteiger partial charge in [-0.2, -0.15) is 0 Å². The zero-order valence-electron chi connectivity index (χ0n) is 12.3. The fourth-order valence-electron chi connectivity index (χ4n) is 2.52. The monoisotopic (exact) mass is 298 g/mol. The minimum Gasteiger partial charge on any atom is -0.496 e. The first-order valence-electron chi connectivity index (χ1n) is 6.78. The number of nitrogens with zero attached hydrogens (tertiary/aromatic N) is 1. The maximum absolute atomic E-state index is 12.4. The van der Waals surface area contributed by atoms with Crippen molar-refractivity contribution in [1.82, 2.24) is 10.2 Å². The maximum Gasteiger partial charge on any atom is 0.227 e. The quantitative estimate of drug-likeness (QED) is 0.926. The Kier molecular flexibility index (Phi) is 6.30. The largest absolute Gasteiger partial charge is 0.496 e. The van der Waals surface area contributed by atoms with E-state index in [1.54, 1.807) is 7.11 Å². The summed E-state index contributed by atoms with van der Waals surface area (Å²) < 4.78 is 5.30. The third kappa shape index (κ3) is 3.64. The molecule has 1 aliphatic rings. The van der Waals surface area contributed by atoms with Gasteiger partial charge in [-0.15, -0.1) is 12.4 Å². The van der Waals surface area contributed by atoms with Gasteiger partial charge in [0.1, 0.15) is 5.75 Å². The molecule has 2 atom stereocenters. The van der Waals surface area contributed by atoms with Crippen LogP contribution >= 0.6 is 12.4 Å². The molecule has 2 unspecified atom stereocenters. The smallest absolute Gasteiger partial charge is 0.227 e. The van der Waals surface area contributed by atoms with Gasteiger partial charge >= 0.3 is 0 Å². The van der Waals surface area contributed by atoms with Gasteiger partial charge in [-0.3, -0.25) is 4.79 Å². The number of nitrogens with one attached hydrogen (secondary N) is 1. The topological polar surface area (TPSA) is 41.6 Å². The van der Waals surface area contributed by atoms with Crippen molar-refractivity contribution < 1.29 is 9.53 Å². The second-order valence-corrected chi connectivity index (χ2v) is 5.06. The number of para-hydroxylation sites is 1. The van der Waals surface area contributed by atoms with E-state index in [1.165, 1.54) is 0 Å². The molecule has 0 saturated carbocycles. The number of amides is 1. The molecule has 1 aromatic rings. The van der Waals surface area contributed by atoms with E-state index in [9.17, 15) is 4.79 Å². The van der Waals surface area contributed by atoms with Gasteiger partial charge in [0.2, 0.25) is 5.91 Å². The molecule has 1 saturated heterocycles. The highest BCUT2D eigenvalue weighted by atomic mass is 35.5. The van der Waals surface area contributed by atoms with Crippen LogP contribution in [0.1, 0.15) is 19.4 Å². The molecule has 1 amide bonds. The number of hydrogen-bond donors (Lipinski definition) is 1. The summed E-state index contributed by atoms with van der Waals surface area (Å²) in [6, 6.07) is 8.28. The van der Waals surface area contributed by atoms with Crippen molar-refractivity contribution >= 4 is 18.3 Å². The second kappa shape index (κ2) is 7.50. The Morgan fingerprint density at radius 1 is 1.40 bits per heavy atom. The number of methoxy groups -OCH3 is 1. The summed E-state index contributed by atoms with van der Waals surface area (Å²) >= 11 is 0. The van der Waals surface area contributed by atoms with Crippen LogP contribution in [0.15, 0.2) is 24.3 Å². The number of carbonyl (C=O) groups is 1. The summed E-state index contributed by atoms with van der Waals surface area (Å²) in [5, 5.41) is 3.38. The van der Waals surface area contributed by atoms with Crippen LogP contribution in [0.4, 0.5) is 0 Å². The van der Waals surface area contributed by atoms with Crippen molar-refractivity contribution in [2.24, 2.45) is 0 Å². The van der Waals surface area contributed by atoms with Gasteiger partial charge in [0.05, 0.1) is 13.5 Å². The minimum absolute atomic E-state index is 0. The fourth-order valence-corrected chi connectivity index (χ4v) is 2.52. The van der Waals surface area contributed by atoms with Crippen molar-refractivity contribution in [3.8, 4) is 5.75 Å². The van der Waals surface area contributed by atoms with Crippen LogP contribution in [0, 0.1) is 0 Å². The Balaban J connectivity index is 0.00000200. The number of piperazine rings is 1. The molecular formula is C15H23ClN2O2. The summed E-state index contributed by atoms with van der Waals surface area (Å²) in [6.45, 7) is 5.85. The van der Waals surface area contributed by atoms with Gasteiger partial charge in [0.25, 0.3) is 0 Å². The predicted octanol–water partition coefficient (Wildman–Crippen LogP) is 1.87. The van der Waals surface area contributed by atoms with Gasteiger partial charge in [-0.1, -0.05) is 18.2 Å². The van der Waals surface area contributed by atoms with Crippen LogP contribution in [-0.2, 0) is 11.2 Å². The van der Waals surface area contributed by atoms with Gasteiger partial charge < -0.3 is 15.0 Å². The number of rotatable bonds is 3. The summed E-state index contributed by atoms with van der Waals surface area (Å²) in [5.74, 6) is 0.956. The molecule has 0 spiro atoms. The Morgan fingerprint density at radius 3 is 2.80 bits per heavy atom. The van der Waals surface area contributed by atoms with Crippen LogP contribution < -0.4 is 10.1 Å². The lowest BCUT2D eigenvalue weighted by molar-refractivity contribution is -0.134. The summed E-state index contributed by atoms with van der Waals surface area (Å²) in [6.07, 6.45) is 0.404. The zero-order chi connectivity index (χ0) is 13.8. The molecule has 1 heterocycles.